The van der Waals surface area contributed by atoms with Crippen molar-refractivity contribution in [2.75, 3.05) is 19.0 Å². The van der Waals surface area contributed by atoms with Gasteiger partial charge in [-0.05, 0) is 31.4 Å². The Labute approximate surface area is 114 Å². The summed E-state index contributed by atoms with van der Waals surface area (Å²) in [7, 11) is 1.55. The minimum absolute atomic E-state index is 0.171. The van der Waals surface area contributed by atoms with Gasteiger partial charge in [0.25, 0.3) is 0 Å². The maximum atomic E-state index is 9.77. The van der Waals surface area contributed by atoms with Crippen LogP contribution in [0.15, 0.2) is 18.2 Å². The fourth-order valence-electron chi connectivity index (χ4n) is 2.55. The van der Waals surface area contributed by atoms with Gasteiger partial charge in [0.2, 0.25) is 0 Å². The molecule has 19 heavy (non-hydrogen) atoms. The first-order valence-corrected chi connectivity index (χ1v) is 6.98. The van der Waals surface area contributed by atoms with Crippen molar-refractivity contribution in [3.8, 4) is 11.5 Å². The van der Waals surface area contributed by atoms with Crippen molar-refractivity contribution in [3.05, 3.63) is 18.2 Å². The lowest BCUT2D eigenvalue weighted by molar-refractivity contribution is 0.00598. The van der Waals surface area contributed by atoms with Crippen molar-refractivity contribution in [2.45, 2.75) is 44.8 Å². The molecule has 0 saturated carbocycles. The third-order valence-electron chi connectivity index (χ3n) is 3.53. The topological polar surface area (TPSA) is 50.7 Å². The van der Waals surface area contributed by atoms with Crippen LogP contribution in [0.1, 0.15) is 32.6 Å². The van der Waals surface area contributed by atoms with E-state index in [0.717, 1.165) is 38.0 Å². The largest absolute Gasteiger partial charge is 0.504 e. The fourth-order valence-corrected chi connectivity index (χ4v) is 2.55. The quantitative estimate of drug-likeness (QED) is 0.858. The van der Waals surface area contributed by atoms with E-state index in [-0.39, 0.29) is 5.75 Å². The molecule has 0 radical (unpaired) electrons. The zero-order valence-electron chi connectivity index (χ0n) is 11.7. The number of benzene rings is 1. The number of rotatable bonds is 5. The molecule has 1 saturated heterocycles. The Balaban J connectivity index is 1.94. The van der Waals surface area contributed by atoms with E-state index in [2.05, 4.69) is 12.2 Å². The Kier molecular flexibility index (Phi) is 4.91. The highest BCUT2D eigenvalue weighted by Gasteiger charge is 2.21. The van der Waals surface area contributed by atoms with Crippen molar-refractivity contribution in [2.24, 2.45) is 0 Å². The van der Waals surface area contributed by atoms with Crippen molar-refractivity contribution < 1.29 is 14.6 Å². The van der Waals surface area contributed by atoms with E-state index >= 15 is 0 Å². The van der Waals surface area contributed by atoms with E-state index in [4.69, 9.17) is 9.47 Å². The monoisotopic (exact) mass is 265 g/mol. The molecule has 0 aliphatic carbocycles. The van der Waals surface area contributed by atoms with Gasteiger partial charge in [-0.15, -0.1) is 0 Å². The van der Waals surface area contributed by atoms with Gasteiger partial charge in [0.05, 0.1) is 13.2 Å². The second-order valence-corrected chi connectivity index (χ2v) is 5.03. The van der Waals surface area contributed by atoms with Gasteiger partial charge in [-0.2, -0.15) is 0 Å². The average molecular weight is 265 g/mol. The number of hydrogen-bond donors (Lipinski definition) is 2. The summed E-state index contributed by atoms with van der Waals surface area (Å²) in [6.45, 7) is 2.99. The van der Waals surface area contributed by atoms with E-state index in [9.17, 15) is 5.11 Å². The number of hydrogen-bond acceptors (Lipinski definition) is 4. The van der Waals surface area contributed by atoms with Gasteiger partial charge in [0, 0.05) is 24.4 Å². The molecule has 1 fully saturated rings. The number of anilines is 1. The molecule has 1 aliphatic rings. The van der Waals surface area contributed by atoms with Crippen LogP contribution >= 0.6 is 0 Å². The molecule has 106 valence electrons. The first kappa shape index (κ1) is 14.0. The Bertz CT molecular complexity index is 406. The molecule has 1 aromatic carbocycles. The van der Waals surface area contributed by atoms with Crippen LogP contribution in [0.3, 0.4) is 0 Å². The third kappa shape index (κ3) is 3.77. The summed E-state index contributed by atoms with van der Waals surface area (Å²) < 4.78 is 10.8. The van der Waals surface area contributed by atoms with Gasteiger partial charge < -0.3 is 19.9 Å². The Hall–Kier alpha value is -1.42. The predicted octanol–water partition coefficient (Wildman–Crippen LogP) is 3.16. The highest BCUT2D eigenvalue weighted by Crippen LogP contribution is 2.30. The SMILES string of the molecule is CCCC1CC(Nc2ccc(OC)c(O)c2)CCO1. The second kappa shape index (κ2) is 6.66. The van der Waals surface area contributed by atoms with Crippen LogP contribution < -0.4 is 10.1 Å². The average Bonchev–Trinajstić information content (AvgIpc) is 2.40. The highest BCUT2D eigenvalue weighted by atomic mass is 16.5. The molecule has 1 heterocycles. The summed E-state index contributed by atoms with van der Waals surface area (Å²) in [6, 6.07) is 5.84. The van der Waals surface area contributed by atoms with Crippen molar-refractivity contribution in [1.29, 1.82) is 0 Å². The van der Waals surface area contributed by atoms with Crippen molar-refractivity contribution in [1.82, 2.24) is 0 Å². The minimum atomic E-state index is 0.171. The van der Waals surface area contributed by atoms with Gasteiger partial charge in [-0.3, -0.25) is 0 Å². The first-order chi connectivity index (χ1) is 9.22. The molecule has 4 nitrogen and oxygen atoms in total. The summed E-state index contributed by atoms with van der Waals surface area (Å²) in [5.74, 6) is 0.672. The molecule has 1 aromatic rings. The van der Waals surface area contributed by atoms with Crippen LogP contribution in [0.2, 0.25) is 0 Å². The van der Waals surface area contributed by atoms with Crippen LogP contribution in [-0.4, -0.2) is 31.0 Å². The highest BCUT2D eigenvalue weighted by molar-refractivity contribution is 5.54. The Morgan fingerprint density at radius 2 is 2.32 bits per heavy atom. The van der Waals surface area contributed by atoms with E-state index in [1.807, 2.05) is 6.07 Å². The van der Waals surface area contributed by atoms with Gasteiger partial charge in [0.1, 0.15) is 0 Å². The number of ether oxygens (including phenoxy) is 2. The summed E-state index contributed by atoms with van der Waals surface area (Å²) in [4.78, 5) is 0. The van der Waals surface area contributed by atoms with E-state index < -0.39 is 0 Å². The van der Waals surface area contributed by atoms with E-state index in [1.165, 1.54) is 0 Å². The number of aromatic hydroxyl groups is 1. The maximum absolute atomic E-state index is 9.77. The second-order valence-electron chi connectivity index (χ2n) is 5.03. The molecule has 0 spiro atoms. The van der Waals surface area contributed by atoms with Crippen LogP contribution in [0.4, 0.5) is 5.69 Å². The zero-order valence-corrected chi connectivity index (χ0v) is 11.7. The molecule has 0 amide bonds. The Morgan fingerprint density at radius 1 is 1.47 bits per heavy atom. The van der Waals surface area contributed by atoms with Crippen LogP contribution in [0.5, 0.6) is 11.5 Å². The van der Waals surface area contributed by atoms with Gasteiger partial charge in [0.15, 0.2) is 11.5 Å². The van der Waals surface area contributed by atoms with Crippen LogP contribution in [0.25, 0.3) is 0 Å². The lowest BCUT2D eigenvalue weighted by atomic mass is 10.00. The summed E-state index contributed by atoms with van der Waals surface area (Å²) in [5.41, 5.74) is 0.931. The lowest BCUT2D eigenvalue weighted by Crippen LogP contribution is -2.33. The molecule has 1 aliphatic heterocycles. The summed E-state index contributed by atoms with van der Waals surface area (Å²) >= 11 is 0. The summed E-state index contributed by atoms with van der Waals surface area (Å²) in [6.07, 6.45) is 4.67. The van der Waals surface area contributed by atoms with E-state index in [0.29, 0.717) is 17.9 Å². The maximum Gasteiger partial charge on any atom is 0.160 e. The minimum Gasteiger partial charge on any atom is -0.504 e. The fraction of sp³-hybridized carbons (Fsp3) is 0.600. The molecule has 0 aromatic heterocycles. The van der Waals surface area contributed by atoms with E-state index in [1.54, 1.807) is 19.2 Å². The molecular weight excluding hydrogens is 242 g/mol. The smallest absolute Gasteiger partial charge is 0.160 e. The van der Waals surface area contributed by atoms with Crippen molar-refractivity contribution in [3.63, 3.8) is 0 Å². The standard InChI is InChI=1S/C15H23NO3/c1-3-4-13-9-12(7-8-19-13)16-11-5-6-15(18-2)14(17)10-11/h5-6,10,12-13,16-17H,3-4,7-9H2,1-2H3. The molecule has 2 rings (SSSR count). The van der Waals surface area contributed by atoms with Gasteiger partial charge >= 0.3 is 0 Å². The molecular formula is C15H23NO3. The molecule has 2 atom stereocenters. The number of nitrogens with one attached hydrogen (secondary N) is 1. The number of methoxy groups -OCH3 is 1. The normalized spacial score (nSPS) is 23.1. The van der Waals surface area contributed by atoms with Crippen LogP contribution in [0, 0.1) is 0 Å². The third-order valence-corrected chi connectivity index (χ3v) is 3.53. The molecule has 0 bridgehead atoms. The zero-order chi connectivity index (χ0) is 13.7. The van der Waals surface area contributed by atoms with Gasteiger partial charge in [-0.25, -0.2) is 0 Å². The molecule has 4 heteroatoms. The molecule has 2 unspecified atom stereocenters. The van der Waals surface area contributed by atoms with Crippen molar-refractivity contribution >= 4 is 5.69 Å². The Morgan fingerprint density at radius 3 is 3.00 bits per heavy atom. The van der Waals surface area contributed by atoms with Crippen LogP contribution in [-0.2, 0) is 4.74 Å². The number of phenolic OH excluding ortho intramolecular Hbond substituents is 1. The lowest BCUT2D eigenvalue weighted by Gasteiger charge is -2.30. The molecule has 2 N–H and O–H groups in total. The number of phenols is 1. The summed E-state index contributed by atoms with van der Waals surface area (Å²) in [5, 5.41) is 13.2. The first-order valence-electron chi connectivity index (χ1n) is 6.98. The predicted molar refractivity (Wildman–Crippen MR) is 76.0 cm³/mol. The van der Waals surface area contributed by atoms with Gasteiger partial charge in [-0.1, -0.05) is 13.3 Å².